The largest absolute Gasteiger partial charge is 1.00 e. The van der Waals surface area contributed by atoms with Crippen molar-refractivity contribution in [1.82, 2.24) is 19.9 Å². The van der Waals surface area contributed by atoms with Crippen LogP contribution in [0.25, 0.3) is 22.3 Å². The van der Waals surface area contributed by atoms with Gasteiger partial charge in [-0.25, -0.2) is 19.9 Å². The van der Waals surface area contributed by atoms with Crippen molar-refractivity contribution in [2.24, 2.45) is 0 Å². The molecule has 2 heterocycles. The highest BCUT2D eigenvalue weighted by Crippen LogP contribution is 2.33. The predicted molar refractivity (Wildman–Crippen MR) is 214 cm³/mol. The summed E-state index contributed by atoms with van der Waals surface area (Å²) < 4.78 is 0. The van der Waals surface area contributed by atoms with Crippen LogP contribution < -0.4 is 33.7 Å². The van der Waals surface area contributed by atoms with Gasteiger partial charge in [-0.1, -0.05) is 133 Å². The van der Waals surface area contributed by atoms with Gasteiger partial charge in [-0.2, -0.15) is 0 Å². The maximum Gasteiger partial charge on any atom is 0.173 e. The standard InChI is InChI=1S/2C22H18N4.ClH/c2*1-3-9-17(10-4-1)19-13-7-8-14-20(19)26-22-21(23-15-16-24-22)25-18-11-5-2-6-12-18;/h2*1-16H,(H,23,25)(H,24,26);1H/p-1. The molecular weight excluding hydrogens is 676 g/mol. The summed E-state index contributed by atoms with van der Waals surface area (Å²) in [4.78, 5) is 17.8. The molecule has 0 unspecified atom stereocenters. The lowest BCUT2D eigenvalue weighted by Gasteiger charge is -2.14. The van der Waals surface area contributed by atoms with Crippen molar-refractivity contribution >= 4 is 46.0 Å². The summed E-state index contributed by atoms with van der Waals surface area (Å²) in [5.74, 6) is 2.72. The van der Waals surface area contributed by atoms with E-state index >= 15 is 0 Å². The number of aromatic nitrogens is 4. The average molecular weight is 712 g/mol. The number of benzene rings is 6. The fourth-order valence-corrected chi connectivity index (χ4v) is 5.54. The second-order valence-corrected chi connectivity index (χ2v) is 11.6. The van der Waals surface area contributed by atoms with Crippen molar-refractivity contribution in [2.75, 3.05) is 21.3 Å². The fourth-order valence-electron chi connectivity index (χ4n) is 5.54. The van der Waals surface area contributed by atoms with E-state index in [0.717, 1.165) is 45.0 Å². The summed E-state index contributed by atoms with van der Waals surface area (Å²) in [6.45, 7) is 0. The molecule has 0 spiro atoms. The second kappa shape index (κ2) is 18.3. The summed E-state index contributed by atoms with van der Waals surface area (Å²) in [6, 6.07) is 56.8. The smallest absolute Gasteiger partial charge is 0.173 e. The minimum Gasteiger partial charge on any atom is -1.00 e. The first-order valence-corrected chi connectivity index (χ1v) is 16.9. The summed E-state index contributed by atoms with van der Waals surface area (Å²) in [6.07, 6.45) is 6.73. The Balaban J connectivity index is 0.000000178. The van der Waals surface area contributed by atoms with E-state index in [0.29, 0.717) is 23.3 Å². The van der Waals surface area contributed by atoms with Gasteiger partial charge in [0.15, 0.2) is 23.3 Å². The molecule has 4 N–H and O–H groups in total. The molecular formula is C44H36ClN8-. The maximum atomic E-state index is 4.47. The molecule has 0 aliphatic heterocycles. The molecule has 8 aromatic rings. The molecule has 8 rings (SSSR count). The van der Waals surface area contributed by atoms with Gasteiger partial charge < -0.3 is 33.7 Å². The first-order chi connectivity index (χ1) is 25.8. The molecule has 9 heteroatoms. The van der Waals surface area contributed by atoms with Crippen molar-refractivity contribution < 1.29 is 12.4 Å². The molecule has 260 valence electrons. The molecule has 0 aliphatic rings. The van der Waals surface area contributed by atoms with Gasteiger partial charge >= 0.3 is 0 Å². The first kappa shape index (κ1) is 35.8. The van der Waals surface area contributed by atoms with E-state index in [4.69, 9.17) is 0 Å². The van der Waals surface area contributed by atoms with Gasteiger partial charge in [0.05, 0.1) is 0 Å². The van der Waals surface area contributed by atoms with Crippen LogP contribution in [0.3, 0.4) is 0 Å². The second-order valence-electron chi connectivity index (χ2n) is 11.6. The highest BCUT2D eigenvalue weighted by Gasteiger charge is 2.11. The number of halogens is 1. The predicted octanol–water partition coefficient (Wildman–Crippen LogP) is 8.27. The van der Waals surface area contributed by atoms with E-state index in [9.17, 15) is 0 Å². The summed E-state index contributed by atoms with van der Waals surface area (Å²) in [5.41, 5.74) is 8.42. The van der Waals surface area contributed by atoms with Crippen LogP contribution in [0.1, 0.15) is 0 Å². The molecule has 8 nitrogen and oxygen atoms in total. The normalized spacial score (nSPS) is 10.1. The van der Waals surface area contributed by atoms with Crippen LogP contribution in [0, 0.1) is 0 Å². The molecule has 0 saturated carbocycles. The number of hydrogen-bond donors (Lipinski definition) is 4. The van der Waals surface area contributed by atoms with E-state index in [1.54, 1.807) is 24.8 Å². The first-order valence-electron chi connectivity index (χ1n) is 16.9. The van der Waals surface area contributed by atoms with Gasteiger partial charge in [0, 0.05) is 58.7 Å². The zero-order chi connectivity index (χ0) is 35.2. The SMILES string of the molecule is [Cl-].c1ccc(Nc2nccnc2Nc2ccccc2-c2ccccc2)cc1.c1ccc(Nc2nccnc2Nc2ccccc2-c2ccccc2)cc1. The van der Waals surface area contributed by atoms with Crippen LogP contribution in [0.4, 0.5) is 46.0 Å². The average Bonchev–Trinajstić information content (AvgIpc) is 3.21. The van der Waals surface area contributed by atoms with Crippen LogP contribution in [0.15, 0.2) is 195 Å². The Morgan fingerprint density at radius 1 is 0.283 bits per heavy atom. The number of para-hydroxylation sites is 4. The van der Waals surface area contributed by atoms with Crippen molar-refractivity contribution in [3.05, 3.63) is 195 Å². The molecule has 53 heavy (non-hydrogen) atoms. The molecule has 0 atom stereocenters. The Kier molecular flexibility index (Phi) is 12.3. The topological polar surface area (TPSA) is 99.7 Å². The third-order valence-electron chi connectivity index (χ3n) is 8.00. The van der Waals surface area contributed by atoms with E-state index < -0.39 is 0 Å². The van der Waals surface area contributed by atoms with Gasteiger partial charge in [-0.3, -0.25) is 0 Å². The zero-order valence-corrected chi connectivity index (χ0v) is 29.4. The molecule has 0 amide bonds. The van der Waals surface area contributed by atoms with Crippen molar-refractivity contribution in [2.45, 2.75) is 0 Å². The molecule has 0 saturated heterocycles. The number of hydrogen-bond acceptors (Lipinski definition) is 8. The van der Waals surface area contributed by atoms with Crippen LogP contribution in [0.2, 0.25) is 0 Å². The Bertz CT molecular complexity index is 2140. The van der Waals surface area contributed by atoms with E-state index in [2.05, 4.69) is 77.6 Å². The number of nitrogens with one attached hydrogen (secondary N) is 4. The number of nitrogens with zero attached hydrogens (tertiary/aromatic N) is 4. The summed E-state index contributed by atoms with van der Waals surface area (Å²) >= 11 is 0. The van der Waals surface area contributed by atoms with Crippen molar-refractivity contribution in [1.29, 1.82) is 0 Å². The number of rotatable bonds is 10. The van der Waals surface area contributed by atoms with Crippen LogP contribution in [-0.2, 0) is 0 Å². The Hall–Kier alpha value is -7.03. The maximum absolute atomic E-state index is 4.47. The molecule has 6 aromatic carbocycles. The van der Waals surface area contributed by atoms with Gasteiger partial charge in [-0.05, 0) is 47.5 Å². The lowest BCUT2D eigenvalue weighted by molar-refractivity contribution is -0.0000102. The molecule has 0 fully saturated rings. The van der Waals surface area contributed by atoms with Crippen molar-refractivity contribution in [3.8, 4) is 22.3 Å². The highest BCUT2D eigenvalue weighted by molar-refractivity contribution is 5.84. The summed E-state index contributed by atoms with van der Waals surface area (Å²) in [7, 11) is 0. The van der Waals surface area contributed by atoms with Gasteiger partial charge in [-0.15, -0.1) is 0 Å². The molecule has 0 bridgehead atoms. The fraction of sp³-hybridized carbons (Fsp3) is 0. The zero-order valence-electron chi connectivity index (χ0n) is 28.6. The van der Waals surface area contributed by atoms with Crippen LogP contribution in [-0.4, -0.2) is 19.9 Å². The van der Waals surface area contributed by atoms with E-state index in [-0.39, 0.29) is 12.4 Å². The minimum absolute atomic E-state index is 0. The third-order valence-corrected chi connectivity index (χ3v) is 8.00. The Labute approximate surface area is 315 Å². The van der Waals surface area contributed by atoms with Gasteiger partial charge in [0.25, 0.3) is 0 Å². The lowest BCUT2D eigenvalue weighted by Crippen LogP contribution is -3.00. The molecule has 0 aliphatic carbocycles. The molecule has 2 aromatic heterocycles. The van der Waals surface area contributed by atoms with Gasteiger partial charge in [0.1, 0.15) is 0 Å². The van der Waals surface area contributed by atoms with Crippen molar-refractivity contribution in [3.63, 3.8) is 0 Å². The monoisotopic (exact) mass is 711 g/mol. The highest BCUT2D eigenvalue weighted by atomic mass is 35.5. The quantitative estimate of drug-likeness (QED) is 0.113. The molecule has 0 radical (unpaired) electrons. The van der Waals surface area contributed by atoms with Crippen LogP contribution >= 0.6 is 0 Å². The Morgan fingerprint density at radius 2 is 0.566 bits per heavy atom. The van der Waals surface area contributed by atoms with E-state index in [1.165, 1.54) is 0 Å². The van der Waals surface area contributed by atoms with E-state index in [1.807, 2.05) is 133 Å². The van der Waals surface area contributed by atoms with Gasteiger partial charge in [0.2, 0.25) is 0 Å². The minimum atomic E-state index is 0. The lowest BCUT2D eigenvalue weighted by atomic mass is 10.0. The third kappa shape index (κ3) is 9.61. The summed E-state index contributed by atoms with van der Waals surface area (Å²) in [5, 5.41) is 13.5. The number of anilines is 8. The van der Waals surface area contributed by atoms with Crippen LogP contribution in [0.5, 0.6) is 0 Å². The Morgan fingerprint density at radius 3 is 0.925 bits per heavy atom.